The smallest absolute Gasteiger partial charge is 0.335 e. The minimum Gasteiger partial charge on any atom is -0.494 e. The van der Waals surface area contributed by atoms with E-state index in [0.717, 1.165) is 5.56 Å². The third kappa shape index (κ3) is 2.20. The van der Waals surface area contributed by atoms with Crippen LogP contribution in [0.3, 0.4) is 0 Å². The highest BCUT2D eigenvalue weighted by Crippen LogP contribution is 2.26. The molecule has 3 rings (SSSR count). The number of aryl methyl sites for hydroxylation is 1. The molecule has 0 bridgehead atoms. The Bertz CT molecular complexity index is 953. The van der Waals surface area contributed by atoms with E-state index in [1.165, 1.54) is 18.2 Å². The molecule has 0 saturated carbocycles. The van der Waals surface area contributed by atoms with Crippen molar-refractivity contribution in [3.05, 3.63) is 51.7 Å². The SMILES string of the molecule is CCOc1cc(C)c2oc3ccc(C(=O)O)cc3c(=O)c2c1. The van der Waals surface area contributed by atoms with Crippen LogP contribution in [-0.4, -0.2) is 17.7 Å². The number of ether oxygens (including phenoxy) is 1. The van der Waals surface area contributed by atoms with Crippen LogP contribution in [0.15, 0.2) is 39.5 Å². The highest BCUT2D eigenvalue weighted by Gasteiger charge is 2.13. The van der Waals surface area contributed by atoms with Gasteiger partial charge in [0.25, 0.3) is 0 Å². The second kappa shape index (κ2) is 5.18. The second-order valence-electron chi connectivity index (χ2n) is 5.00. The van der Waals surface area contributed by atoms with Crippen molar-refractivity contribution in [3.63, 3.8) is 0 Å². The summed E-state index contributed by atoms with van der Waals surface area (Å²) < 4.78 is 11.2. The average Bonchev–Trinajstić information content (AvgIpc) is 2.49. The highest BCUT2D eigenvalue weighted by molar-refractivity contribution is 5.96. The fourth-order valence-corrected chi connectivity index (χ4v) is 2.48. The Kier molecular flexibility index (Phi) is 3.33. The quantitative estimate of drug-likeness (QED) is 0.750. The molecule has 1 N–H and O–H groups in total. The fraction of sp³-hybridized carbons (Fsp3) is 0.176. The van der Waals surface area contributed by atoms with Crippen molar-refractivity contribution in [1.82, 2.24) is 0 Å². The van der Waals surface area contributed by atoms with Crippen molar-refractivity contribution in [2.45, 2.75) is 13.8 Å². The van der Waals surface area contributed by atoms with Crippen molar-refractivity contribution < 1.29 is 19.1 Å². The topological polar surface area (TPSA) is 76.7 Å². The van der Waals surface area contributed by atoms with Gasteiger partial charge in [0.15, 0.2) is 0 Å². The number of rotatable bonds is 3. The normalized spacial score (nSPS) is 11.0. The number of hydrogen-bond acceptors (Lipinski definition) is 4. The molecule has 5 heteroatoms. The average molecular weight is 298 g/mol. The summed E-state index contributed by atoms with van der Waals surface area (Å²) in [5, 5.41) is 9.69. The van der Waals surface area contributed by atoms with E-state index < -0.39 is 5.97 Å². The van der Waals surface area contributed by atoms with E-state index in [9.17, 15) is 9.59 Å². The summed E-state index contributed by atoms with van der Waals surface area (Å²) in [6.07, 6.45) is 0. The van der Waals surface area contributed by atoms with Crippen LogP contribution in [0, 0.1) is 6.92 Å². The maximum Gasteiger partial charge on any atom is 0.335 e. The Balaban J connectivity index is 2.40. The van der Waals surface area contributed by atoms with Crippen LogP contribution in [0.4, 0.5) is 0 Å². The molecule has 0 aliphatic rings. The van der Waals surface area contributed by atoms with Gasteiger partial charge in [0, 0.05) is 0 Å². The zero-order valence-electron chi connectivity index (χ0n) is 12.2. The van der Waals surface area contributed by atoms with Gasteiger partial charge < -0.3 is 14.3 Å². The lowest BCUT2D eigenvalue weighted by atomic mass is 10.1. The molecule has 0 spiro atoms. The molecule has 0 aliphatic carbocycles. The summed E-state index contributed by atoms with van der Waals surface area (Å²) in [5.74, 6) is -0.491. The summed E-state index contributed by atoms with van der Waals surface area (Å²) in [6, 6.07) is 7.71. The third-order valence-corrected chi connectivity index (χ3v) is 3.49. The lowest BCUT2D eigenvalue weighted by Crippen LogP contribution is -2.06. The first kappa shape index (κ1) is 14.1. The van der Waals surface area contributed by atoms with Crippen LogP contribution in [0.1, 0.15) is 22.8 Å². The molecule has 1 aromatic heterocycles. The van der Waals surface area contributed by atoms with Gasteiger partial charge in [0.2, 0.25) is 5.43 Å². The largest absolute Gasteiger partial charge is 0.494 e. The monoisotopic (exact) mass is 298 g/mol. The van der Waals surface area contributed by atoms with Gasteiger partial charge in [-0.1, -0.05) is 0 Å². The molecule has 2 aromatic carbocycles. The Labute approximate surface area is 125 Å². The number of carbonyl (C=O) groups is 1. The first-order chi connectivity index (χ1) is 10.5. The molecule has 0 aliphatic heterocycles. The van der Waals surface area contributed by atoms with Gasteiger partial charge in [-0.25, -0.2) is 4.79 Å². The molecule has 0 unspecified atom stereocenters. The zero-order valence-corrected chi connectivity index (χ0v) is 12.2. The predicted octanol–water partition coefficient (Wildman–Crippen LogP) is 3.35. The van der Waals surface area contributed by atoms with Crippen molar-refractivity contribution in [3.8, 4) is 5.75 Å². The number of benzene rings is 2. The molecule has 112 valence electrons. The molecule has 22 heavy (non-hydrogen) atoms. The molecule has 3 aromatic rings. The van der Waals surface area contributed by atoms with Gasteiger partial charge in [0.1, 0.15) is 16.9 Å². The molecular weight excluding hydrogens is 284 g/mol. The summed E-state index contributed by atoms with van der Waals surface area (Å²) >= 11 is 0. The first-order valence-electron chi connectivity index (χ1n) is 6.88. The van der Waals surface area contributed by atoms with Gasteiger partial charge in [-0.2, -0.15) is 0 Å². The van der Waals surface area contributed by atoms with Crippen LogP contribution < -0.4 is 10.2 Å². The van der Waals surface area contributed by atoms with Crippen molar-refractivity contribution >= 4 is 27.9 Å². The Hall–Kier alpha value is -2.82. The minimum absolute atomic E-state index is 0.0526. The van der Waals surface area contributed by atoms with Crippen LogP contribution in [-0.2, 0) is 0 Å². The molecule has 0 fully saturated rings. The van der Waals surface area contributed by atoms with Crippen LogP contribution >= 0.6 is 0 Å². The van der Waals surface area contributed by atoms with E-state index in [1.54, 1.807) is 6.07 Å². The summed E-state index contributed by atoms with van der Waals surface area (Å²) in [7, 11) is 0. The number of carboxylic acids is 1. The fourth-order valence-electron chi connectivity index (χ4n) is 2.48. The van der Waals surface area contributed by atoms with Crippen LogP contribution in [0.5, 0.6) is 5.75 Å². The predicted molar refractivity (Wildman–Crippen MR) is 82.9 cm³/mol. The van der Waals surface area contributed by atoms with E-state index in [-0.39, 0.29) is 16.4 Å². The van der Waals surface area contributed by atoms with Gasteiger partial charge in [-0.05, 0) is 49.7 Å². The Morgan fingerprint density at radius 3 is 2.68 bits per heavy atom. The molecule has 0 atom stereocenters. The molecule has 5 nitrogen and oxygen atoms in total. The van der Waals surface area contributed by atoms with Crippen molar-refractivity contribution in [2.24, 2.45) is 0 Å². The lowest BCUT2D eigenvalue weighted by Gasteiger charge is -2.08. The molecule has 0 amide bonds. The number of aromatic carboxylic acids is 1. The van der Waals surface area contributed by atoms with Crippen molar-refractivity contribution in [2.75, 3.05) is 6.61 Å². The second-order valence-corrected chi connectivity index (χ2v) is 5.00. The maximum atomic E-state index is 12.7. The van der Waals surface area contributed by atoms with E-state index in [1.807, 2.05) is 19.9 Å². The maximum absolute atomic E-state index is 12.7. The summed E-state index contributed by atoms with van der Waals surface area (Å²) in [5.41, 5.74) is 1.45. The summed E-state index contributed by atoms with van der Waals surface area (Å²) in [6.45, 7) is 4.19. The third-order valence-electron chi connectivity index (χ3n) is 3.49. The van der Waals surface area contributed by atoms with Gasteiger partial charge in [0.05, 0.1) is 22.9 Å². The van der Waals surface area contributed by atoms with Crippen LogP contribution in [0.2, 0.25) is 0 Å². The van der Waals surface area contributed by atoms with Crippen molar-refractivity contribution in [1.29, 1.82) is 0 Å². The van der Waals surface area contributed by atoms with Gasteiger partial charge in [-0.3, -0.25) is 4.79 Å². The van der Waals surface area contributed by atoms with Crippen LogP contribution in [0.25, 0.3) is 21.9 Å². The minimum atomic E-state index is -1.08. The molecule has 0 radical (unpaired) electrons. The van der Waals surface area contributed by atoms with E-state index >= 15 is 0 Å². The number of carboxylic acid groups (broad SMARTS) is 1. The standard InChI is InChI=1S/C17H14O5/c1-3-21-11-6-9(2)16-13(8-11)15(18)12-7-10(17(19)20)4-5-14(12)22-16/h4-8H,3H2,1-2H3,(H,19,20). The first-order valence-corrected chi connectivity index (χ1v) is 6.88. The zero-order chi connectivity index (χ0) is 15.9. The Morgan fingerprint density at radius 2 is 2.00 bits per heavy atom. The molecule has 1 heterocycles. The molecular formula is C17H14O5. The van der Waals surface area contributed by atoms with E-state index in [4.69, 9.17) is 14.3 Å². The summed E-state index contributed by atoms with van der Waals surface area (Å²) in [4.78, 5) is 23.7. The highest BCUT2D eigenvalue weighted by atomic mass is 16.5. The molecule has 0 saturated heterocycles. The van der Waals surface area contributed by atoms with Gasteiger partial charge in [-0.15, -0.1) is 0 Å². The van der Waals surface area contributed by atoms with Gasteiger partial charge >= 0.3 is 5.97 Å². The number of hydrogen-bond donors (Lipinski definition) is 1. The van der Waals surface area contributed by atoms with E-state index in [0.29, 0.717) is 28.9 Å². The number of fused-ring (bicyclic) bond motifs is 2. The lowest BCUT2D eigenvalue weighted by molar-refractivity contribution is 0.0697. The Morgan fingerprint density at radius 1 is 1.23 bits per heavy atom. The van der Waals surface area contributed by atoms with E-state index in [2.05, 4.69) is 0 Å².